The number of aliphatic hydroxyl groups is 6. The van der Waals surface area contributed by atoms with E-state index in [2.05, 4.69) is 10.6 Å². The molecule has 0 aromatic carbocycles. The van der Waals surface area contributed by atoms with Gasteiger partial charge in [0.2, 0.25) is 0 Å². The molecule has 0 radical (unpaired) electrons. The van der Waals surface area contributed by atoms with Crippen molar-refractivity contribution in [2.24, 2.45) is 45.9 Å². The summed E-state index contributed by atoms with van der Waals surface area (Å²) in [6, 6.07) is -3.84. The van der Waals surface area contributed by atoms with Crippen molar-refractivity contribution < 1.29 is 59.1 Å². The molecule has 22 heteroatoms. The molecule has 0 aromatic rings. The van der Waals surface area contributed by atoms with E-state index in [1.54, 1.807) is 0 Å². The highest BCUT2D eigenvalue weighted by atomic mass is 16.7. The van der Waals surface area contributed by atoms with Crippen molar-refractivity contribution in [2.75, 3.05) is 52.5 Å². The van der Waals surface area contributed by atoms with E-state index in [4.69, 9.17) is 74.3 Å². The van der Waals surface area contributed by atoms with Gasteiger partial charge in [-0.1, -0.05) is 0 Å². The largest absolute Gasteiger partial charge is 0.390 e. The van der Waals surface area contributed by atoms with Crippen LogP contribution >= 0.6 is 0 Å². The first-order valence-corrected chi connectivity index (χ1v) is 19.9. The van der Waals surface area contributed by atoms with Crippen LogP contribution < -0.4 is 56.5 Å². The highest BCUT2D eigenvalue weighted by molar-refractivity contribution is 5.01. The number of hydrogen-bond acceptors (Lipinski definition) is 22. The van der Waals surface area contributed by atoms with Gasteiger partial charge in [0.15, 0.2) is 12.6 Å². The van der Waals surface area contributed by atoms with Gasteiger partial charge in [-0.05, 0) is 51.6 Å². The molecular weight excluding hydrogens is 740 g/mol. The average Bonchev–Trinajstić information content (AvgIpc) is 3.15. The van der Waals surface area contributed by atoms with E-state index < -0.39 is 122 Å². The zero-order chi connectivity index (χ0) is 41.1. The van der Waals surface area contributed by atoms with Crippen LogP contribution in [0.15, 0.2) is 0 Å². The predicted octanol–water partition coefficient (Wildman–Crippen LogP) is -8.43. The lowest BCUT2D eigenvalue weighted by Gasteiger charge is -2.45. The zero-order valence-electron chi connectivity index (χ0n) is 32.2. The van der Waals surface area contributed by atoms with E-state index in [1.807, 2.05) is 0 Å². The quantitative estimate of drug-likeness (QED) is 0.0478. The molecule has 0 spiro atoms. The Bertz CT molecular complexity index is 1040. The van der Waals surface area contributed by atoms with Gasteiger partial charge in [-0.3, -0.25) is 0 Å². The number of nitrogens with one attached hydrogen (secondary N) is 2. The van der Waals surface area contributed by atoms with Crippen LogP contribution in [0.25, 0.3) is 0 Å². The average molecular weight is 813 g/mol. The molecule has 2 saturated carbocycles. The smallest absolute Gasteiger partial charge is 0.173 e. The Morgan fingerprint density at radius 2 is 0.911 bits per heavy atom. The standard InChI is InChI=1S/C34H72N10O12/c35-9-25-23(47)7-21(41)33(53-25)55-29-19(39)5-17(37)27(49)31(29)51-13-15(45)11-43-3-1-2-4-44-12-16(46)14-52-32-28(50)18(38)6-20(40)30(32)56-34-22(42)8-24(48)26(10-36)54-34/h15-34,43-50H,1-14,35-42H2/t15-,16-,17+,18+,19-,20-,21+,22+,23-,24-,25+,26+,27-,28-,29+,30+,31+,32+,33+,34+/m0/s1. The van der Waals surface area contributed by atoms with E-state index in [9.17, 15) is 30.6 Å². The summed E-state index contributed by atoms with van der Waals surface area (Å²) in [6.07, 6.45) is -9.96. The summed E-state index contributed by atoms with van der Waals surface area (Å²) in [6.45, 7) is 1.55. The fourth-order valence-corrected chi connectivity index (χ4v) is 7.69. The molecule has 4 fully saturated rings. The number of ether oxygens (including phenoxy) is 6. The SMILES string of the molecule is NC[C@H]1O[C@H](O[C@H]2[C@H](OC[C@@H](O)CNCCCCNC[C@H](O)CO[C@@H]3[C@@H](O)[C@H](N)C[C@H](N)[C@H]3O[C@H]3O[C@H](CN)[C@@H](O)C[C@H]3N)[C@@H](O)[C@H](N)C[C@@H]2N)[C@H](N)C[C@@H]1O. The van der Waals surface area contributed by atoms with Crippen molar-refractivity contribution in [1.82, 2.24) is 10.6 Å². The second-order valence-electron chi connectivity index (χ2n) is 15.8. The van der Waals surface area contributed by atoms with E-state index in [-0.39, 0.29) is 65.1 Å². The lowest BCUT2D eigenvalue weighted by molar-refractivity contribution is -0.273. The normalized spacial score (nSPS) is 43.4. The third kappa shape index (κ3) is 13.3. The minimum atomic E-state index is -1.11. The number of nitrogens with two attached hydrogens (primary N) is 8. The van der Waals surface area contributed by atoms with Gasteiger partial charge in [-0.25, -0.2) is 0 Å². The van der Waals surface area contributed by atoms with Crippen LogP contribution in [-0.2, 0) is 28.4 Å². The van der Waals surface area contributed by atoms with Gasteiger partial charge in [0.1, 0.15) is 24.4 Å². The summed E-state index contributed by atoms with van der Waals surface area (Å²) < 4.78 is 35.6. The van der Waals surface area contributed by atoms with Crippen molar-refractivity contribution in [3.63, 3.8) is 0 Å². The first kappa shape index (κ1) is 47.8. The van der Waals surface area contributed by atoms with Crippen LogP contribution in [0.5, 0.6) is 0 Å². The van der Waals surface area contributed by atoms with Crippen LogP contribution in [0.2, 0.25) is 0 Å². The third-order valence-electron chi connectivity index (χ3n) is 11.1. The number of unbranched alkanes of at least 4 members (excludes halogenated alkanes) is 1. The Labute approximate surface area is 328 Å². The monoisotopic (exact) mass is 813 g/mol. The van der Waals surface area contributed by atoms with Gasteiger partial charge in [0.25, 0.3) is 0 Å². The molecule has 2 heterocycles. The highest BCUT2D eigenvalue weighted by Crippen LogP contribution is 2.30. The maximum atomic E-state index is 10.9. The van der Waals surface area contributed by atoms with Crippen molar-refractivity contribution in [3.05, 3.63) is 0 Å². The summed E-state index contributed by atoms with van der Waals surface area (Å²) in [5, 5.41) is 69.6. The Balaban J connectivity index is 1.11. The molecule has 0 bridgehead atoms. The van der Waals surface area contributed by atoms with E-state index >= 15 is 0 Å². The Hall–Kier alpha value is -0.880. The molecule has 20 atom stereocenters. The van der Waals surface area contributed by atoms with Gasteiger partial charge in [0.05, 0.1) is 74.1 Å². The van der Waals surface area contributed by atoms with Gasteiger partial charge >= 0.3 is 0 Å². The molecule has 2 aliphatic heterocycles. The van der Waals surface area contributed by atoms with Crippen molar-refractivity contribution in [2.45, 2.75) is 161 Å². The minimum Gasteiger partial charge on any atom is -0.390 e. The van der Waals surface area contributed by atoms with Crippen molar-refractivity contribution >= 4 is 0 Å². The lowest BCUT2D eigenvalue weighted by Crippen LogP contribution is -2.65. The molecule has 4 rings (SSSR count). The van der Waals surface area contributed by atoms with Crippen LogP contribution in [0, 0.1) is 0 Å². The molecule has 0 aromatic heterocycles. The zero-order valence-corrected chi connectivity index (χ0v) is 32.2. The third-order valence-corrected chi connectivity index (χ3v) is 11.1. The summed E-state index contributed by atoms with van der Waals surface area (Å²) >= 11 is 0. The highest BCUT2D eigenvalue weighted by Gasteiger charge is 2.48. The molecule has 0 amide bonds. The Kier molecular flexibility index (Phi) is 19.8. The molecule has 2 aliphatic carbocycles. The molecular formula is C34H72N10O12. The van der Waals surface area contributed by atoms with Crippen LogP contribution in [-0.4, -0.2) is 205 Å². The molecule has 2 saturated heterocycles. The molecule has 0 unspecified atom stereocenters. The van der Waals surface area contributed by atoms with E-state index in [0.29, 0.717) is 13.1 Å². The second kappa shape index (κ2) is 23.2. The van der Waals surface area contributed by atoms with Crippen LogP contribution in [0.1, 0.15) is 38.5 Å². The van der Waals surface area contributed by atoms with Crippen molar-refractivity contribution in [3.8, 4) is 0 Å². The summed E-state index contributed by atoms with van der Waals surface area (Å²) in [7, 11) is 0. The van der Waals surface area contributed by atoms with Gasteiger partial charge in [-0.15, -0.1) is 0 Å². The number of hydrogen-bond donors (Lipinski definition) is 16. The minimum absolute atomic E-state index is 0.0718. The summed E-state index contributed by atoms with van der Waals surface area (Å²) in [5.74, 6) is 0. The van der Waals surface area contributed by atoms with E-state index in [0.717, 1.165) is 12.8 Å². The molecule has 22 nitrogen and oxygen atoms in total. The van der Waals surface area contributed by atoms with E-state index in [1.165, 1.54) is 0 Å². The number of rotatable bonds is 21. The molecule has 56 heavy (non-hydrogen) atoms. The van der Waals surface area contributed by atoms with Crippen LogP contribution in [0.3, 0.4) is 0 Å². The predicted molar refractivity (Wildman–Crippen MR) is 202 cm³/mol. The molecule has 330 valence electrons. The molecule has 24 N–H and O–H groups in total. The maximum Gasteiger partial charge on any atom is 0.173 e. The van der Waals surface area contributed by atoms with Gasteiger partial charge < -0.3 is 116 Å². The maximum absolute atomic E-state index is 10.9. The molecule has 4 aliphatic rings. The van der Waals surface area contributed by atoms with Crippen LogP contribution in [0.4, 0.5) is 0 Å². The lowest BCUT2D eigenvalue weighted by atomic mass is 9.84. The first-order valence-electron chi connectivity index (χ1n) is 19.9. The topological polar surface area (TPSA) is 409 Å². The fourth-order valence-electron chi connectivity index (χ4n) is 7.69. The van der Waals surface area contributed by atoms with Gasteiger partial charge in [0, 0.05) is 50.3 Å². The first-order chi connectivity index (χ1) is 26.6. The Morgan fingerprint density at radius 1 is 0.536 bits per heavy atom. The number of aliphatic hydroxyl groups excluding tert-OH is 6. The Morgan fingerprint density at radius 3 is 1.27 bits per heavy atom. The summed E-state index contributed by atoms with van der Waals surface area (Å²) in [5.41, 5.74) is 48.7. The van der Waals surface area contributed by atoms with Gasteiger partial charge in [-0.2, -0.15) is 0 Å². The second-order valence-corrected chi connectivity index (χ2v) is 15.8. The fraction of sp³-hybridized carbons (Fsp3) is 1.00. The summed E-state index contributed by atoms with van der Waals surface area (Å²) in [4.78, 5) is 0. The van der Waals surface area contributed by atoms with Crippen molar-refractivity contribution in [1.29, 1.82) is 0 Å².